The second-order valence-electron chi connectivity index (χ2n) is 12.3. The van der Waals surface area contributed by atoms with E-state index in [-0.39, 0.29) is 5.56 Å². The maximum absolute atomic E-state index is 13.9. The minimum Gasteiger partial charge on any atom is -0.309 e. The third-order valence-corrected chi connectivity index (χ3v) is 9.85. The molecule has 10 rings (SSSR count). The number of para-hydroxylation sites is 3. The fourth-order valence-corrected chi connectivity index (χ4v) is 7.93. The van der Waals surface area contributed by atoms with E-state index < -0.39 is 0 Å². The highest BCUT2D eigenvalue weighted by Crippen LogP contribution is 2.53. The summed E-state index contributed by atoms with van der Waals surface area (Å²) in [6.45, 7) is 0. The van der Waals surface area contributed by atoms with E-state index in [0.29, 0.717) is 4.48 Å². The highest BCUT2D eigenvalue weighted by atomic mass is 16.1. The first-order valence-corrected chi connectivity index (χ1v) is 14.8. The summed E-state index contributed by atoms with van der Waals surface area (Å²) < 4.78 is 5.05. The molecule has 4 nitrogen and oxygen atoms in total. The second-order valence-corrected chi connectivity index (χ2v) is 12.3. The fraction of sp³-hybridized carbons (Fsp3) is 0.0513. The molecule has 0 N–H and O–H groups in total. The van der Waals surface area contributed by atoms with Crippen LogP contribution in [0.2, 0.25) is 0 Å². The minimum absolute atomic E-state index is 0.0362. The molecule has 9 aromatic rings. The second kappa shape index (κ2) is 7.68. The molecule has 202 valence electrons. The summed E-state index contributed by atoms with van der Waals surface area (Å²) in [5.74, 6) is 0. The lowest BCUT2D eigenvalue weighted by molar-refractivity contribution is 0.569. The van der Waals surface area contributed by atoms with Gasteiger partial charge in [-0.2, -0.15) is 0 Å². The van der Waals surface area contributed by atoms with Gasteiger partial charge in [-0.3, -0.25) is 13.7 Å². The van der Waals surface area contributed by atoms with Crippen LogP contribution < -0.4 is 10.0 Å². The van der Waals surface area contributed by atoms with Crippen molar-refractivity contribution in [2.24, 2.45) is 0 Å². The smallest absolute Gasteiger partial charge is 0.263 e. The van der Waals surface area contributed by atoms with Gasteiger partial charge in [-0.25, -0.2) is 0 Å². The fourth-order valence-electron chi connectivity index (χ4n) is 7.93. The van der Waals surface area contributed by atoms with Crippen LogP contribution in [-0.2, 0) is 0 Å². The SMILES string of the molecule is C[N+]1(C)c2ccccc2-c2cc3c4ccccc4n(-c4cc5c6ccccc6c(=O)n6c7ccccc7c(c4)c56)c3cc21. The van der Waals surface area contributed by atoms with Crippen LogP contribution in [0.1, 0.15) is 0 Å². The highest BCUT2D eigenvalue weighted by Gasteiger charge is 2.37. The standard InChI is InChI=1S/C39H26N3O/c1-42(2)36-18-10-7-14-27(36)30-21-29-25-12-5-8-16-33(25)40(35(29)22-37(30)42)23-19-31-24-11-3-4-15-28(24)39(43)41-34-17-9-6-13-26(34)32(20-23)38(31)41/h3-22H,1-2H3/q+1. The summed E-state index contributed by atoms with van der Waals surface area (Å²) in [7, 11) is 4.56. The van der Waals surface area contributed by atoms with Gasteiger partial charge >= 0.3 is 0 Å². The third kappa shape index (κ3) is 2.72. The summed E-state index contributed by atoms with van der Waals surface area (Å²) in [4.78, 5) is 13.9. The van der Waals surface area contributed by atoms with Gasteiger partial charge in [-0.1, -0.05) is 66.7 Å². The number of quaternary nitrogens is 1. The lowest BCUT2D eigenvalue weighted by Crippen LogP contribution is -2.31. The van der Waals surface area contributed by atoms with Gasteiger partial charge in [0.05, 0.1) is 36.2 Å². The van der Waals surface area contributed by atoms with Crippen LogP contribution in [0.5, 0.6) is 0 Å². The quantitative estimate of drug-likeness (QED) is 0.147. The number of pyridine rings is 1. The predicted molar refractivity (Wildman–Crippen MR) is 180 cm³/mol. The van der Waals surface area contributed by atoms with Gasteiger partial charge in [-0.05, 0) is 47.9 Å². The molecule has 3 aromatic heterocycles. The Balaban J connectivity index is 1.40. The van der Waals surface area contributed by atoms with E-state index in [0.717, 1.165) is 43.7 Å². The highest BCUT2D eigenvalue weighted by molar-refractivity contribution is 6.22. The Hall–Kier alpha value is -5.45. The van der Waals surface area contributed by atoms with E-state index in [9.17, 15) is 4.79 Å². The van der Waals surface area contributed by atoms with Crippen molar-refractivity contribution in [3.63, 3.8) is 0 Å². The topological polar surface area (TPSA) is 26.4 Å². The lowest BCUT2D eigenvalue weighted by Gasteiger charge is -2.25. The van der Waals surface area contributed by atoms with Crippen LogP contribution in [0.25, 0.3) is 76.6 Å². The van der Waals surface area contributed by atoms with E-state index in [1.54, 1.807) is 0 Å². The minimum atomic E-state index is 0.0362. The maximum atomic E-state index is 13.9. The molecular formula is C39H26N3O+. The molecular weight excluding hydrogens is 526 g/mol. The molecule has 0 spiro atoms. The zero-order chi connectivity index (χ0) is 28.6. The molecule has 0 amide bonds. The summed E-state index contributed by atoms with van der Waals surface area (Å²) in [5, 5.41) is 7.50. The van der Waals surface area contributed by atoms with Crippen LogP contribution >= 0.6 is 0 Å². The Bertz CT molecular complexity index is 2730. The summed E-state index contributed by atoms with van der Waals surface area (Å²) in [5.41, 5.74) is 10.7. The molecule has 0 unspecified atom stereocenters. The van der Waals surface area contributed by atoms with E-state index in [4.69, 9.17) is 0 Å². The van der Waals surface area contributed by atoms with Crippen molar-refractivity contribution in [1.82, 2.24) is 13.5 Å². The van der Waals surface area contributed by atoms with Crippen LogP contribution in [0.4, 0.5) is 11.4 Å². The average Bonchev–Trinajstić information content (AvgIpc) is 3.63. The first-order chi connectivity index (χ1) is 21.0. The van der Waals surface area contributed by atoms with Gasteiger partial charge in [0.25, 0.3) is 5.56 Å². The van der Waals surface area contributed by atoms with Gasteiger partial charge < -0.3 is 4.57 Å². The van der Waals surface area contributed by atoms with Gasteiger partial charge in [0, 0.05) is 61.3 Å². The van der Waals surface area contributed by atoms with Gasteiger partial charge in [0.2, 0.25) is 0 Å². The number of hydrogen-bond donors (Lipinski definition) is 0. The van der Waals surface area contributed by atoms with Crippen LogP contribution in [0.3, 0.4) is 0 Å². The monoisotopic (exact) mass is 552 g/mol. The molecule has 4 heteroatoms. The van der Waals surface area contributed by atoms with Crippen molar-refractivity contribution in [2.45, 2.75) is 0 Å². The third-order valence-electron chi connectivity index (χ3n) is 9.85. The Morgan fingerprint density at radius 3 is 1.88 bits per heavy atom. The Morgan fingerprint density at radius 2 is 1.09 bits per heavy atom. The first kappa shape index (κ1) is 23.1. The molecule has 1 aliphatic heterocycles. The van der Waals surface area contributed by atoms with E-state index in [2.05, 4.69) is 116 Å². The molecule has 0 fully saturated rings. The molecule has 0 aliphatic carbocycles. The van der Waals surface area contributed by atoms with Crippen molar-refractivity contribution in [2.75, 3.05) is 14.1 Å². The number of nitrogens with zero attached hydrogens (tertiary/aromatic N) is 3. The number of fused-ring (bicyclic) bond motifs is 11. The summed E-state index contributed by atoms with van der Waals surface area (Å²) in [6.07, 6.45) is 0. The number of hydrogen-bond acceptors (Lipinski definition) is 1. The molecule has 43 heavy (non-hydrogen) atoms. The zero-order valence-corrected chi connectivity index (χ0v) is 23.8. The maximum Gasteiger partial charge on any atom is 0.263 e. The average molecular weight is 553 g/mol. The van der Waals surface area contributed by atoms with Crippen LogP contribution in [0.15, 0.2) is 126 Å². The Morgan fingerprint density at radius 1 is 0.488 bits per heavy atom. The van der Waals surface area contributed by atoms with Crippen molar-refractivity contribution >= 4 is 71.1 Å². The van der Waals surface area contributed by atoms with Crippen molar-refractivity contribution in [3.05, 3.63) is 132 Å². The molecule has 4 heterocycles. The van der Waals surface area contributed by atoms with Gasteiger partial charge in [-0.15, -0.1) is 0 Å². The van der Waals surface area contributed by atoms with Crippen LogP contribution in [-0.4, -0.2) is 23.1 Å². The molecule has 0 radical (unpaired) electrons. The van der Waals surface area contributed by atoms with E-state index in [1.807, 2.05) is 28.7 Å². The molecule has 0 atom stereocenters. The molecule has 1 aliphatic rings. The molecule has 0 saturated carbocycles. The van der Waals surface area contributed by atoms with Crippen molar-refractivity contribution in [3.8, 4) is 16.8 Å². The van der Waals surface area contributed by atoms with Gasteiger partial charge in [0.1, 0.15) is 11.4 Å². The number of aromatic nitrogens is 2. The van der Waals surface area contributed by atoms with E-state index in [1.165, 1.54) is 44.3 Å². The van der Waals surface area contributed by atoms with Crippen molar-refractivity contribution in [1.29, 1.82) is 0 Å². The number of benzene rings is 6. The summed E-state index contributed by atoms with van der Waals surface area (Å²) >= 11 is 0. The number of rotatable bonds is 1. The Labute approximate surface area is 246 Å². The molecule has 0 bridgehead atoms. The van der Waals surface area contributed by atoms with Crippen molar-refractivity contribution < 1.29 is 0 Å². The summed E-state index contributed by atoms with van der Waals surface area (Å²) in [6, 6.07) is 43.2. The normalized spacial score (nSPS) is 14.1. The zero-order valence-electron chi connectivity index (χ0n) is 23.8. The van der Waals surface area contributed by atoms with Gasteiger partial charge in [0.15, 0.2) is 0 Å². The Kier molecular flexibility index (Phi) is 4.14. The first-order valence-electron chi connectivity index (χ1n) is 14.8. The molecule has 6 aromatic carbocycles. The predicted octanol–water partition coefficient (Wildman–Crippen LogP) is 9.17. The lowest BCUT2D eigenvalue weighted by atomic mass is 10.0. The molecule has 0 saturated heterocycles. The van der Waals surface area contributed by atoms with Crippen LogP contribution in [0, 0.1) is 0 Å². The largest absolute Gasteiger partial charge is 0.309 e. The van der Waals surface area contributed by atoms with E-state index >= 15 is 0 Å².